The first kappa shape index (κ1) is 12.8. The molecule has 0 radical (unpaired) electrons. The fraction of sp³-hybridized carbons (Fsp3) is 0.364. The van der Waals surface area contributed by atoms with Gasteiger partial charge in [-0.15, -0.1) is 0 Å². The van der Waals surface area contributed by atoms with E-state index in [4.69, 9.17) is 0 Å². The Morgan fingerprint density at radius 2 is 1.94 bits per heavy atom. The number of benzene rings is 1. The van der Waals surface area contributed by atoms with E-state index in [1.807, 2.05) is 24.3 Å². The number of halogens is 1. The van der Waals surface area contributed by atoms with Crippen LogP contribution >= 0.6 is 22.6 Å². The number of rotatable bonds is 2. The van der Waals surface area contributed by atoms with Crippen molar-refractivity contribution in [3.8, 4) is 0 Å². The maximum Gasteiger partial charge on any atom is 0.228 e. The lowest BCUT2D eigenvalue weighted by Gasteiger charge is -2.09. The van der Waals surface area contributed by atoms with E-state index in [1.54, 1.807) is 0 Å². The fourth-order valence-corrected chi connectivity index (χ4v) is 3.88. The summed E-state index contributed by atoms with van der Waals surface area (Å²) < 4.78 is 23.6. The highest BCUT2D eigenvalue weighted by Gasteiger charge is 2.32. The standard InChI is InChI=1S/C11H12INO3S/c12-9-1-3-10(4-2-9)13-11(14)8-5-6-17(15,16)7-8/h1-4,8H,5-7H2,(H,13,14). The van der Waals surface area contributed by atoms with Crippen molar-refractivity contribution in [3.63, 3.8) is 0 Å². The Labute approximate surface area is 114 Å². The van der Waals surface area contributed by atoms with E-state index in [9.17, 15) is 13.2 Å². The van der Waals surface area contributed by atoms with Gasteiger partial charge in [0.2, 0.25) is 5.91 Å². The SMILES string of the molecule is O=C(Nc1ccc(I)cc1)C1CCS(=O)(=O)C1. The summed E-state index contributed by atoms with van der Waals surface area (Å²) >= 11 is 2.18. The molecule has 0 aromatic heterocycles. The van der Waals surface area contributed by atoms with Crippen LogP contribution in [0.3, 0.4) is 0 Å². The van der Waals surface area contributed by atoms with Gasteiger partial charge in [-0.1, -0.05) is 0 Å². The van der Waals surface area contributed by atoms with Crippen LogP contribution in [-0.2, 0) is 14.6 Å². The second kappa shape index (κ2) is 4.93. The molecule has 1 aliphatic rings. The summed E-state index contributed by atoms with van der Waals surface area (Å²) in [5.74, 6) is -0.507. The minimum atomic E-state index is -3.00. The van der Waals surface area contributed by atoms with Gasteiger partial charge in [0.15, 0.2) is 9.84 Å². The van der Waals surface area contributed by atoms with Gasteiger partial charge in [0.1, 0.15) is 0 Å². The molecule has 0 spiro atoms. The lowest BCUT2D eigenvalue weighted by molar-refractivity contribution is -0.119. The van der Waals surface area contributed by atoms with Gasteiger partial charge < -0.3 is 5.32 Å². The monoisotopic (exact) mass is 365 g/mol. The van der Waals surface area contributed by atoms with Crippen molar-refractivity contribution in [2.45, 2.75) is 6.42 Å². The molecule has 0 bridgehead atoms. The van der Waals surface area contributed by atoms with Crippen molar-refractivity contribution in [2.24, 2.45) is 5.92 Å². The van der Waals surface area contributed by atoms with Crippen LogP contribution in [-0.4, -0.2) is 25.8 Å². The lowest BCUT2D eigenvalue weighted by Crippen LogP contribution is -2.23. The van der Waals surface area contributed by atoms with Crippen molar-refractivity contribution in [1.82, 2.24) is 0 Å². The lowest BCUT2D eigenvalue weighted by atomic mass is 10.1. The van der Waals surface area contributed by atoms with Gasteiger partial charge >= 0.3 is 0 Å². The van der Waals surface area contributed by atoms with E-state index in [1.165, 1.54) is 0 Å². The molecule has 1 N–H and O–H groups in total. The minimum Gasteiger partial charge on any atom is -0.326 e. The van der Waals surface area contributed by atoms with Crippen LogP contribution < -0.4 is 5.32 Å². The van der Waals surface area contributed by atoms with Gasteiger partial charge in [0.25, 0.3) is 0 Å². The molecule has 1 aromatic rings. The van der Waals surface area contributed by atoms with E-state index in [-0.39, 0.29) is 17.4 Å². The maximum absolute atomic E-state index is 11.8. The average molecular weight is 365 g/mol. The summed E-state index contributed by atoms with van der Waals surface area (Å²) in [5.41, 5.74) is 0.708. The largest absolute Gasteiger partial charge is 0.326 e. The zero-order valence-electron chi connectivity index (χ0n) is 9.02. The Kier molecular flexibility index (Phi) is 3.72. The van der Waals surface area contributed by atoms with Crippen molar-refractivity contribution >= 4 is 44.0 Å². The molecule has 92 valence electrons. The Balaban J connectivity index is 2.01. The third-order valence-electron chi connectivity index (χ3n) is 2.71. The Morgan fingerprint density at radius 1 is 1.29 bits per heavy atom. The number of sulfone groups is 1. The van der Waals surface area contributed by atoms with Crippen LogP contribution in [0.2, 0.25) is 0 Å². The molecule has 0 aliphatic carbocycles. The molecule has 17 heavy (non-hydrogen) atoms. The summed E-state index contributed by atoms with van der Waals surface area (Å²) in [4.78, 5) is 11.8. The Hall–Kier alpha value is -0.630. The van der Waals surface area contributed by atoms with Crippen LogP contribution in [0.15, 0.2) is 24.3 Å². The molecule has 2 rings (SSSR count). The van der Waals surface area contributed by atoms with Gasteiger partial charge in [0, 0.05) is 9.26 Å². The number of nitrogens with one attached hydrogen (secondary N) is 1. The van der Waals surface area contributed by atoms with Crippen molar-refractivity contribution in [2.75, 3.05) is 16.8 Å². The third-order valence-corrected chi connectivity index (χ3v) is 5.20. The van der Waals surface area contributed by atoms with E-state index in [0.29, 0.717) is 12.1 Å². The van der Waals surface area contributed by atoms with E-state index in [0.717, 1.165) is 3.57 Å². The van der Waals surface area contributed by atoms with E-state index < -0.39 is 15.8 Å². The second-order valence-corrected chi connectivity index (χ2v) is 7.57. The number of carbonyl (C=O) groups is 1. The first-order valence-electron chi connectivity index (χ1n) is 5.23. The quantitative estimate of drug-likeness (QED) is 0.811. The number of anilines is 1. The third kappa shape index (κ3) is 3.41. The Morgan fingerprint density at radius 3 is 2.47 bits per heavy atom. The maximum atomic E-state index is 11.8. The van der Waals surface area contributed by atoms with E-state index >= 15 is 0 Å². The van der Waals surface area contributed by atoms with Crippen LogP contribution in [0.4, 0.5) is 5.69 Å². The molecular weight excluding hydrogens is 353 g/mol. The number of hydrogen-bond donors (Lipinski definition) is 1. The first-order chi connectivity index (χ1) is 7.96. The van der Waals surface area contributed by atoms with Crippen LogP contribution in [0, 0.1) is 9.49 Å². The molecule has 1 aliphatic heterocycles. The van der Waals surface area contributed by atoms with Crippen molar-refractivity contribution < 1.29 is 13.2 Å². The highest BCUT2D eigenvalue weighted by atomic mass is 127. The average Bonchev–Trinajstić information content (AvgIpc) is 2.62. The molecular formula is C11H12INO3S. The second-order valence-electron chi connectivity index (χ2n) is 4.10. The summed E-state index contributed by atoms with van der Waals surface area (Å²) in [7, 11) is -3.00. The van der Waals surface area contributed by atoms with Gasteiger partial charge in [0.05, 0.1) is 17.4 Å². The van der Waals surface area contributed by atoms with Crippen LogP contribution in [0.1, 0.15) is 6.42 Å². The molecule has 1 fully saturated rings. The van der Waals surface area contributed by atoms with Crippen molar-refractivity contribution in [3.05, 3.63) is 27.8 Å². The topological polar surface area (TPSA) is 63.2 Å². The predicted molar refractivity (Wildman–Crippen MR) is 74.5 cm³/mol. The number of hydrogen-bond acceptors (Lipinski definition) is 3. The summed E-state index contributed by atoms with van der Waals surface area (Å²) in [6.07, 6.45) is 0.429. The zero-order valence-corrected chi connectivity index (χ0v) is 12.0. The molecule has 0 saturated carbocycles. The van der Waals surface area contributed by atoms with Gasteiger partial charge in [-0.05, 0) is 53.3 Å². The smallest absolute Gasteiger partial charge is 0.228 e. The highest BCUT2D eigenvalue weighted by molar-refractivity contribution is 14.1. The molecule has 1 aromatic carbocycles. The zero-order chi connectivity index (χ0) is 12.5. The normalized spacial score (nSPS) is 22.3. The van der Waals surface area contributed by atoms with Gasteiger partial charge in [-0.25, -0.2) is 8.42 Å². The minimum absolute atomic E-state index is 0.0246. The fourth-order valence-electron chi connectivity index (χ4n) is 1.78. The van der Waals surface area contributed by atoms with Crippen LogP contribution in [0.25, 0.3) is 0 Å². The summed E-state index contributed by atoms with van der Waals surface area (Å²) in [6.45, 7) is 0. The predicted octanol–water partition coefficient (Wildman–Crippen LogP) is 1.66. The molecule has 1 amide bonds. The molecule has 1 saturated heterocycles. The number of carbonyl (C=O) groups excluding carboxylic acids is 1. The van der Waals surface area contributed by atoms with Gasteiger partial charge in [-0.2, -0.15) is 0 Å². The molecule has 6 heteroatoms. The Bertz CT molecular complexity index is 524. The molecule has 1 heterocycles. The number of amides is 1. The molecule has 1 atom stereocenters. The first-order valence-corrected chi connectivity index (χ1v) is 8.13. The highest BCUT2D eigenvalue weighted by Crippen LogP contribution is 2.20. The van der Waals surface area contributed by atoms with E-state index in [2.05, 4.69) is 27.9 Å². The molecule has 4 nitrogen and oxygen atoms in total. The van der Waals surface area contributed by atoms with Crippen molar-refractivity contribution in [1.29, 1.82) is 0 Å². The summed E-state index contributed by atoms with van der Waals surface area (Å²) in [5, 5.41) is 2.74. The molecule has 1 unspecified atom stereocenters. The summed E-state index contributed by atoms with van der Waals surface area (Å²) in [6, 6.07) is 7.40. The van der Waals surface area contributed by atoms with Crippen LogP contribution in [0.5, 0.6) is 0 Å². The van der Waals surface area contributed by atoms with Gasteiger partial charge in [-0.3, -0.25) is 4.79 Å².